The Kier molecular flexibility index (Phi) is 3.26. The predicted molar refractivity (Wildman–Crippen MR) is 55.4 cm³/mol. The van der Waals surface area contributed by atoms with Crippen molar-refractivity contribution in [3.05, 3.63) is 29.8 Å². The zero-order chi connectivity index (χ0) is 13.1. The Balaban J connectivity index is 2.36. The number of halogens is 2. The quantitative estimate of drug-likeness (QED) is 0.883. The van der Waals surface area contributed by atoms with Crippen LogP contribution in [0.15, 0.2) is 18.2 Å². The van der Waals surface area contributed by atoms with Crippen molar-refractivity contribution in [2.24, 2.45) is 0 Å². The van der Waals surface area contributed by atoms with E-state index in [0.29, 0.717) is 0 Å². The Morgan fingerprint density at radius 2 is 2.17 bits per heavy atom. The van der Waals surface area contributed by atoms with Crippen LogP contribution in [0.2, 0.25) is 0 Å². The molecule has 1 aromatic heterocycles. The first-order valence-corrected chi connectivity index (χ1v) is 5.02. The summed E-state index contributed by atoms with van der Waals surface area (Å²) in [6, 6.07) is 3.62. The lowest BCUT2D eigenvalue weighted by Gasteiger charge is -2.04. The molecule has 0 atom stereocenters. The molecule has 2 rings (SSSR count). The van der Waals surface area contributed by atoms with Crippen LogP contribution in [0, 0.1) is 11.6 Å². The van der Waals surface area contributed by atoms with Crippen LogP contribution in [0.5, 0.6) is 0 Å². The van der Waals surface area contributed by atoms with Gasteiger partial charge in [0.25, 0.3) is 0 Å². The average Bonchev–Trinajstić information content (AvgIpc) is 2.78. The Bertz CT molecular complexity index is 585. The molecule has 0 fully saturated rings. The highest BCUT2D eigenvalue weighted by atomic mass is 19.2. The van der Waals surface area contributed by atoms with Gasteiger partial charge in [-0.3, -0.25) is 4.79 Å². The molecule has 0 spiro atoms. The molecule has 1 N–H and O–H groups in total. The molecule has 0 bridgehead atoms. The number of hydrogen-bond acceptors (Lipinski definition) is 4. The van der Waals surface area contributed by atoms with Gasteiger partial charge in [-0.25, -0.2) is 13.5 Å². The standard InChI is InChI=1S/C10H8F2N4O2/c11-7-3-1-2-6(9(7)12)10-13-14-15-16(10)5-4-8(17)18/h1-3H,4-5H2,(H,17,18). The van der Waals surface area contributed by atoms with Crippen molar-refractivity contribution in [1.29, 1.82) is 0 Å². The van der Waals surface area contributed by atoms with Crippen molar-refractivity contribution in [3.8, 4) is 11.4 Å². The number of aliphatic carboxylic acids is 1. The number of carboxylic acid groups (broad SMARTS) is 1. The monoisotopic (exact) mass is 254 g/mol. The summed E-state index contributed by atoms with van der Waals surface area (Å²) in [5, 5.41) is 19.0. The van der Waals surface area contributed by atoms with E-state index in [9.17, 15) is 13.6 Å². The number of aromatic nitrogens is 4. The zero-order valence-corrected chi connectivity index (χ0v) is 9.05. The van der Waals surface area contributed by atoms with Crippen molar-refractivity contribution in [2.75, 3.05) is 0 Å². The van der Waals surface area contributed by atoms with E-state index in [0.717, 1.165) is 10.7 Å². The summed E-state index contributed by atoms with van der Waals surface area (Å²) in [4.78, 5) is 10.4. The third kappa shape index (κ3) is 2.31. The van der Waals surface area contributed by atoms with Crippen molar-refractivity contribution in [3.63, 3.8) is 0 Å². The number of rotatable bonds is 4. The van der Waals surface area contributed by atoms with Gasteiger partial charge in [0, 0.05) is 0 Å². The Hall–Kier alpha value is -2.38. The van der Waals surface area contributed by atoms with Gasteiger partial charge < -0.3 is 5.11 Å². The highest BCUT2D eigenvalue weighted by Crippen LogP contribution is 2.21. The number of hydrogen-bond donors (Lipinski definition) is 1. The molecule has 0 amide bonds. The molecule has 0 unspecified atom stereocenters. The van der Waals surface area contributed by atoms with Gasteiger partial charge in [-0.1, -0.05) is 6.07 Å². The summed E-state index contributed by atoms with van der Waals surface area (Å²) in [7, 11) is 0. The zero-order valence-electron chi connectivity index (χ0n) is 9.05. The largest absolute Gasteiger partial charge is 0.481 e. The third-order valence-corrected chi connectivity index (χ3v) is 2.26. The maximum absolute atomic E-state index is 13.5. The minimum absolute atomic E-state index is 0.00625. The molecule has 1 heterocycles. The first-order valence-electron chi connectivity index (χ1n) is 5.02. The lowest BCUT2D eigenvalue weighted by atomic mass is 10.2. The fraction of sp³-hybridized carbons (Fsp3) is 0.200. The van der Waals surface area contributed by atoms with Gasteiger partial charge in [0.15, 0.2) is 17.5 Å². The molecule has 6 nitrogen and oxygen atoms in total. The molecule has 0 saturated carbocycles. The topological polar surface area (TPSA) is 80.9 Å². The first kappa shape index (κ1) is 12.1. The minimum atomic E-state index is -1.07. The van der Waals surface area contributed by atoms with Gasteiger partial charge in [0.1, 0.15) is 0 Å². The van der Waals surface area contributed by atoms with E-state index in [1.807, 2.05) is 0 Å². The van der Waals surface area contributed by atoms with Crippen molar-refractivity contribution in [2.45, 2.75) is 13.0 Å². The molecule has 0 aliphatic carbocycles. The summed E-state index contributed by atoms with van der Waals surface area (Å²) < 4.78 is 27.7. The van der Waals surface area contributed by atoms with Crippen LogP contribution in [0.1, 0.15) is 6.42 Å². The summed E-state index contributed by atoms with van der Waals surface area (Å²) >= 11 is 0. The molecule has 8 heteroatoms. The molecule has 0 aliphatic rings. The van der Waals surface area contributed by atoms with E-state index in [4.69, 9.17) is 5.11 Å². The third-order valence-electron chi connectivity index (χ3n) is 2.26. The fourth-order valence-electron chi connectivity index (χ4n) is 1.43. The van der Waals surface area contributed by atoms with E-state index < -0.39 is 17.6 Å². The normalized spacial score (nSPS) is 10.6. The molecule has 0 aliphatic heterocycles. The Labute approximate surface area is 99.9 Å². The molecule has 0 saturated heterocycles. The van der Waals surface area contributed by atoms with Crippen molar-refractivity contribution >= 4 is 5.97 Å². The summed E-state index contributed by atoms with van der Waals surface area (Å²) in [6.07, 6.45) is -0.213. The fourth-order valence-corrected chi connectivity index (χ4v) is 1.43. The second kappa shape index (κ2) is 4.86. The molecular formula is C10H8F2N4O2. The van der Waals surface area contributed by atoms with E-state index in [-0.39, 0.29) is 24.4 Å². The van der Waals surface area contributed by atoms with E-state index in [1.165, 1.54) is 12.1 Å². The average molecular weight is 254 g/mol. The number of carbonyl (C=O) groups is 1. The summed E-state index contributed by atoms with van der Waals surface area (Å²) in [5.41, 5.74) is -0.106. The number of carboxylic acids is 1. The molecule has 1 aromatic carbocycles. The van der Waals surface area contributed by atoms with Crippen LogP contribution >= 0.6 is 0 Å². The smallest absolute Gasteiger partial charge is 0.305 e. The van der Waals surface area contributed by atoms with Crippen LogP contribution < -0.4 is 0 Å². The number of aryl methyl sites for hydroxylation is 1. The van der Waals surface area contributed by atoms with Crippen LogP contribution in [0.4, 0.5) is 8.78 Å². The van der Waals surface area contributed by atoms with Crippen LogP contribution in [-0.4, -0.2) is 31.3 Å². The number of benzene rings is 1. The SMILES string of the molecule is O=C(O)CCn1nnnc1-c1cccc(F)c1F. The van der Waals surface area contributed by atoms with Crippen LogP contribution in [0.3, 0.4) is 0 Å². The predicted octanol–water partition coefficient (Wildman–Crippen LogP) is 1.09. The van der Waals surface area contributed by atoms with E-state index in [2.05, 4.69) is 15.5 Å². The second-order valence-electron chi connectivity index (χ2n) is 3.47. The van der Waals surface area contributed by atoms with Crippen molar-refractivity contribution in [1.82, 2.24) is 20.2 Å². The van der Waals surface area contributed by atoms with Crippen LogP contribution in [-0.2, 0) is 11.3 Å². The van der Waals surface area contributed by atoms with E-state index in [1.54, 1.807) is 0 Å². The van der Waals surface area contributed by atoms with Gasteiger partial charge in [-0.15, -0.1) is 5.10 Å². The summed E-state index contributed by atoms with van der Waals surface area (Å²) in [6.45, 7) is -0.0202. The van der Waals surface area contributed by atoms with Gasteiger partial charge in [0.05, 0.1) is 18.5 Å². The molecule has 2 aromatic rings. The number of nitrogens with zero attached hydrogens (tertiary/aromatic N) is 4. The highest BCUT2D eigenvalue weighted by molar-refractivity contribution is 5.66. The van der Waals surface area contributed by atoms with Gasteiger partial charge in [-0.2, -0.15) is 0 Å². The Morgan fingerprint density at radius 3 is 2.89 bits per heavy atom. The van der Waals surface area contributed by atoms with Gasteiger partial charge in [-0.05, 0) is 22.6 Å². The number of tetrazole rings is 1. The van der Waals surface area contributed by atoms with Crippen LogP contribution in [0.25, 0.3) is 11.4 Å². The van der Waals surface area contributed by atoms with E-state index >= 15 is 0 Å². The maximum atomic E-state index is 13.5. The molecule has 0 radical (unpaired) electrons. The first-order chi connectivity index (χ1) is 8.59. The molecule has 18 heavy (non-hydrogen) atoms. The maximum Gasteiger partial charge on any atom is 0.305 e. The minimum Gasteiger partial charge on any atom is -0.481 e. The van der Waals surface area contributed by atoms with Gasteiger partial charge >= 0.3 is 5.97 Å². The van der Waals surface area contributed by atoms with Crippen molar-refractivity contribution < 1.29 is 18.7 Å². The summed E-state index contributed by atoms with van der Waals surface area (Å²) in [5.74, 6) is -3.12. The molecular weight excluding hydrogens is 246 g/mol. The highest BCUT2D eigenvalue weighted by Gasteiger charge is 2.16. The second-order valence-corrected chi connectivity index (χ2v) is 3.47. The Morgan fingerprint density at radius 1 is 1.39 bits per heavy atom. The lowest BCUT2D eigenvalue weighted by molar-refractivity contribution is -0.137. The van der Waals surface area contributed by atoms with Gasteiger partial charge in [0.2, 0.25) is 0 Å². The lowest BCUT2D eigenvalue weighted by Crippen LogP contribution is -2.08. The molecule has 94 valence electrons.